The van der Waals surface area contributed by atoms with Gasteiger partial charge in [-0.25, -0.2) is 0 Å². The number of ether oxygens (including phenoxy) is 1. The molecule has 2 heterocycles. The van der Waals surface area contributed by atoms with Gasteiger partial charge < -0.3 is 19.9 Å². The molecular weight excluding hydrogens is 318 g/mol. The van der Waals surface area contributed by atoms with Gasteiger partial charge in [-0.3, -0.25) is 9.59 Å². The zero-order valence-corrected chi connectivity index (χ0v) is 15.1. The van der Waals surface area contributed by atoms with Crippen LogP contribution in [0, 0.1) is 13.8 Å². The van der Waals surface area contributed by atoms with Crippen LogP contribution < -0.4 is 10.1 Å². The average Bonchev–Trinajstić information content (AvgIpc) is 2.61. The van der Waals surface area contributed by atoms with Crippen molar-refractivity contribution in [1.29, 1.82) is 0 Å². The van der Waals surface area contributed by atoms with Crippen LogP contribution in [0.25, 0.3) is 0 Å². The Kier molecular flexibility index (Phi) is 5.58. The van der Waals surface area contributed by atoms with Gasteiger partial charge in [-0.1, -0.05) is 6.07 Å². The van der Waals surface area contributed by atoms with Crippen LogP contribution in [-0.2, 0) is 9.59 Å². The normalized spacial score (nSPS) is 19.2. The SMILES string of the molecule is Cc1ccc(OC2CCN(C(=O)CN3CCNCC3=O)CC2)cc1C. The lowest BCUT2D eigenvalue weighted by molar-refractivity contribution is -0.142. The smallest absolute Gasteiger partial charge is 0.242 e. The molecule has 0 bridgehead atoms. The zero-order valence-electron chi connectivity index (χ0n) is 15.1. The Hall–Kier alpha value is -2.08. The highest BCUT2D eigenvalue weighted by molar-refractivity contribution is 5.86. The van der Waals surface area contributed by atoms with Crippen LogP contribution in [0.1, 0.15) is 24.0 Å². The third kappa shape index (κ3) is 4.51. The number of amides is 2. The number of benzene rings is 1. The Morgan fingerprint density at radius 3 is 2.64 bits per heavy atom. The molecule has 0 radical (unpaired) electrons. The van der Waals surface area contributed by atoms with Crippen LogP contribution in [0.5, 0.6) is 5.75 Å². The molecular formula is C19H27N3O3. The first-order chi connectivity index (χ1) is 12.0. The highest BCUT2D eigenvalue weighted by atomic mass is 16.5. The summed E-state index contributed by atoms with van der Waals surface area (Å²) in [6.07, 6.45) is 1.80. The van der Waals surface area contributed by atoms with Gasteiger partial charge in [0.15, 0.2) is 0 Å². The van der Waals surface area contributed by atoms with E-state index in [0.717, 1.165) is 25.1 Å². The van der Waals surface area contributed by atoms with Crippen LogP contribution >= 0.6 is 0 Å². The third-order valence-corrected chi connectivity index (χ3v) is 5.09. The van der Waals surface area contributed by atoms with Crippen LogP contribution in [-0.4, -0.2) is 67.0 Å². The quantitative estimate of drug-likeness (QED) is 0.888. The number of carbonyl (C=O) groups is 2. The van der Waals surface area contributed by atoms with Crippen LogP contribution in [0.15, 0.2) is 18.2 Å². The molecule has 2 aliphatic heterocycles. The van der Waals surface area contributed by atoms with Gasteiger partial charge in [0.1, 0.15) is 11.9 Å². The monoisotopic (exact) mass is 345 g/mol. The van der Waals surface area contributed by atoms with E-state index in [1.165, 1.54) is 11.1 Å². The fourth-order valence-corrected chi connectivity index (χ4v) is 3.28. The van der Waals surface area contributed by atoms with Gasteiger partial charge in [0.25, 0.3) is 0 Å². The molecule has 6 heteroatoms. The van der Waals surface area contributed by atoms with E-state index in [1.807, 2.05) is 11.0 Å². The summed E-state index contributed by atoms with van der Waals surface area (Å²) in [4.78, 5) is 27.7. The number of hydrogen-bond donors (Lipinski definition) is 1. The minimum Gasteiger partial charge on any atom is -0.490 e. The van der Waals surface area contributed by atoms with Crippen LogP contribution in [0.4, 0.5) is 0 Å². The lowest BCUT2D eigenvalue weighted by atomic mass is 10.1. The first-order valence-corrected chi connectivity index (χ1v) is 9.03. The Bertz CT molecular complexity index is 639. The maximum absolute atomic E-state index is 12.4. The summed E-state index contributed by atoms with van der Waals surface area (Å²) in [5, 5.41) is 3.02. The number of piperazine rings is 1. The number of nitrogens with one attached hydrogen (secondary N) is 1. The van der Waals surface area contributed by atoms with Gasteiger partial charge in [0, 0.05) is 39.0 Å². The van der Waals surface area contributed by atoms with Crippen molar-refractivity contribution in [3.8, 4) is 5.75 Å². The zero-order chi connectivity index (χ0) is 17.8. The first kappa shape index (κ1) is 17.7. The van der Waals surface area contributed by atoms with Crippen molar-refractivity contribution in [2.24, 2.45) is 0 Å². The van der Waals surface area contributed by atoms with Crippen LogP contribution in [0.2, 0.25) is 0 Å². The molecule has 0 saturated carbocycles. The molecule has 0 atom stereocenters. The molecule has 0 aliphatic carbocycles. The van der Waals surface area contributed by atoms with Crippen molar-refractivity contribution < 1.29 is 14.3 Å². The average molecular weight is 345 g/mol. The Morgan fingerprint density at radius 1 is 1.20 bits per heavy atom. The first-order valence-electron chi connectivity index (χ1n) is 9.03. The van der Waals surface area contributed by atoms with E-state index < -0.39 is 0 Å². The summed E-state index contributed by atoms with van der Waals surface area (Å²) >= 11 is 0. The number of likely N-dealkylation sites (tertiary alicyclic amines) is 1. The van der Waals surface area contributed by atoms with Gasteiger partial charge in [-0.2, -0.15) is 0 Å². The molecule has 3 rings (SSSR count). The molecule has 2 amide bonds. The van der Waals surface area contributed by atoms with Crippen molar-refractivity contribution in [2.45, 2.75) is 32.8 Å². The van der Waals surface area contributed by atoms with Crippen LogP contribution in [0.3, 0.4) is 0 Å². The maximum atomic E-state index is 12.4. The second kappa shape index (κ2) is 7.87. The molecule has 2 aliphatic rings. The molecule has 2 fully saturated rings. The summed E-state index contributed by atoms with van der Waals surface area (Å²) in [7, 11) is 0. The van der Waals surface area contributed by atoms with Crippen molar-refractivity contribution in [3.63, 3.8) is 0 Å². The Labute approximate surface area is 149 Å². The van der Waals surface area contributed by atoms with E-state index in [9.17, 15) is 9.59 Å². The summed E-state index contributed by atoms with van der Waals surface area (Å²) < 4.78 is 6.08. The van der Waals surface area contributed by atoms with Crippen molar-refractivity contribution in [2.75, 3.05) is 39.3 Å². The van der Waals surface area contributed by atoms with Gasteiger partial charge in [0.2, 0.25) is 11.8 Å². The van der Waals surface area contributed by atoms with Crippen molar-refractivity contribution in [3.05, 3.63) is 29.3 Å². The second-order valence-electron chi connectivity index (χ2n) is 6.94. The fourth-order valence-electron chi connectivity index (χ4n) is 3.28. The third-order valence-electron chi connectivity index (χ3n) is 5.09. The topological polar surface area (TPSA) is 61.9 Å². The second-order valence-corrected chi connectivity index (χ2v) is 6.94. The Morgan fingerprint density at radius 2 is 1.96 bits per heavy atom. The fraction of sp³-hybridized carbons (Fsp3) is 0.579. The lowest BCUT2D eigenvalue weighted by Crippen LogP contribution is -2.53. The summed E-state index contributed by atoms with van der Waals surface area (Å²) in [5.41, 5.74) is 2.49. The molecule has 1 aromatic carbocycles. The van der Waals surface area contributed by atoms with E-state index in [0.29, 0.717) is 26.2 Å². The number of piperidine rings is 1. The van der Waals surface area contributed by atoms with Crippen molar-refractivity contribution in [1.82, 2.24) is 15.1 Å². The lowest BCUT2D eigenvalue weighted by Gasteiger charge is -2.34. The molecule has 1 aromatic rings. The van der Waals surface area contributed by atoms with Gasteiger partial charge >= 0.3 is 0 Å². The molecule has 6 nitrogen and oxygen atoms in total. The minimum absolute atomic E-state index is 0.00700. The van der Waals surface area contributed by atoms with Gasteiger partial charge in [-0.05, 0) is 37.1 Å². The highest BCUT2D eigenvalue weighted by Crippen LogP contribution is 2.21. The predicted molar refractivity (Wildman–Crippen MR) is 95.6 cm³/mol. The minimum atomic E-state index is 0.00700. The largest absolute Gasteiger partial charge is 0.490 e. The predicted octanol–water partition coefficient (Wildman–Crippen LogP) is 1.11. The summed E-state index contributed by atoms with van der Waals surface area (Å²) in [6.45, 7) is 7.45. The molecule has 0 unspecified atom stereocenters. The van der Waals surface area contributed by atoms with E-state index in [4.69, 9.17) is 4.74 Å². The molecule has 0 aromatic heterocycles. The maximum Gasteiger partial charge on any atom is 0.242 e. The standard InChI is InChI=1S/C19H27N3O3/c1-14-3-4-17(11-15(14)2)25-16-5-8-21(9-6-16)19(24)13-22-10-7-20-12-18(22)23/h3-4,11,16,20H,5-10,12-13H2,1-2H3. The number of nitrogens with zero attached hydrogens (tertiary/aromatic N) is 2. The number of aryl methyl sites for hydroxylation is 2. The van der Waals surface area contributed by atoms with E-state index in [1.54, 1.807) is 4.90 Å². The molecule has 0 spiro atoms. The summed E-state index contributed by atoms with van der Waals surface area (Å²) in [6, 6.07) is 6.16. The van der Waals surface area contributed by atoms with E-state index in [-0.39, 0.29) is 24.5 Å². The van der Waals surface area contributed by atoms with Crippen molar-refractivity contribution >= 4 is 11.8 Å². The Balaban J connectivity index is 1.47. The number of hydrogen-bond acceptors (Lipinski definition) is 4. The van der Waals surface area contributed by atoms with Gasteiger partial charge in [0.05, 0.1) is 13.1 Å². The molecule has 1 N–H and O–H groups in total. The van der Waals surface area contributed by atoms with Gasteiger partial charge in [-0.15, -0.1) is 0 Å². The summed E-state index contributed by atoms with van der Waals surface area (Å²) in [5.74, 6) is 0.951. The molecule has 136 valence electrons. The number of carbonyl (C=O) groups excluding carboxylic acids is 2. The number of rotatable bonds is 4. The molecule has 25 heavy (non-hydrogen) atoms. The van der Waals surface area contributed by atoms with E-state index >= 15 is 0 Å². The van der Waals surface area contributed by atoms with E-state index in [2.05, 4.69) is 31.3 Å². The molecule has 2 saturated heterocycles. The highest BCUT2D eigenvalue weighted by Gasteiger charge is 2.27.